The van der Waals surface area contributed by atoms with Crippen molar-refractivity contribution in [1.29, 1.82) is 0 Å². The van der Waals surface area contributed by atoms with E-state index in [1.54, 1.807) is 32.9 Å². The number of aromatic nitrogens is 1. The fraction of sp³-hybridized carbons (Fsp3) is 0.462. The first kappa shape index (κ1) is 17.1. The molecule has 0 saturated heterocycles. The van der Waals surface area contributed by atoms with Crippen LogP contribution in [0.4, 0.5) is 0 Å². The summed E-state index contributed by atoms with van der Waals surface area (Å²) in [6.07, 6.45) is 1.40. The number of carboxylic acids is 1. The van der Waals surface area contributed by atoms with E-state index in [2.05, 4.69) is 4.98 Å². The predicted octanol–water partition coefficient (Wildman–Crippen LogP) is 1.62. The molecule has 0 aromatic carbocycles. The van der Waals surface area contributed by atoms with Gasteiger partial charge in [-0.15, -0.1) is 0 Å². The quantitative estimate of drug-likeness (QED) is 0.792. The van der Waals surface area contributed by atoms with E-state index >= 15 is 0 Å². The molecule has 1 heterocycles. The predicted molar refractivity (Wildman–Crippen MR) is 68.6 cm³/mol. The molecule has 1 aromatic heterocycles. The van der Waals surface area contributed by atoms with E-state index in [4.69, 9.17) is 19.7 Å². The van der Waals surface area contributed by atoms with Crippen LogP contribution in [0.2, 0.25) is 0 Å². The average molecular weight is 269 g/mol. The third-order valence-electron chi connectivity index (χ3n) is 1.62. The summed E-state index contributed by atoms with van der Waals surface area (Å²) < 4.78 is 5.16. The number of carboxylic acid groups (broad SMARTS) is 1. The lowest BCUT2D eigenvalue weighted by Gasteiger charge is -2.19. The maximum Gasteiger partial charge on any atom is 0.340 e. The zero-order valence-corrected chi connectivity index (χ0v) is 11.5. The van der Waals surface area contributed by atoms with E-state index in [1.807, 2.05) is 0 Å². The number of carbonyl (C=O) groups is 2. The molecule has 0 fully saturated rings. The molecule has 1 aromatic rings. The summed E-state index contributed by atoms with van der Waals surface area (Å²) in [4.78, 5) is 24.4. The van der Waals surface area contributed by atoms with Crippen molar-refractivity contribution in [3.8, 4) is 0 Å². The molecule has 0 aliphatic heterocycles. The van der Waals surface area contributed by atoms with Crippen molar-refractivity contribution in [3.63, 3.8) is 0 Å². The van der Waals surface area contributed by atoms with Gasteiger partial charge < -0.3 is 14.9 Å². The number of aliphatic hydroxyl groups excluding tert-OH is 1. The van der Waals surface area contributed by atoms with Crippen LogP contribution in [-0.4, -0.2) is 32.7 Å². The Labute approximate surface area is 112 Å². The Balaban J connectivity index is 0.000000711. The molecule has 2 N–H and O–H groups in total. The average Bonchev–Trinajstić information content (AvgIpc) is 2.26. The molecule has 0 atom stereocenters. The lowest BCUT2D eigenvalue weighted by atomic mass is 10.2. The van der Waals surface area contributed by atoms with Gasteiger partial charge in [0.2, 0.25) is 0 Å². The second-order valence-corrected chi connectivity index (χ2v) is 4.72. The summed E-state index contributed by atoms with van der Waals surface area (Å²) in [7, 11) is 0. The van der Waals surface area contributed by atoms with E-state index in [0.29, 0.717) is 11.3 Å². The Morgan fingerprint density at radius 1 is 1.32 bits per heavy atom. The Bertz CT molecular complexity index is 416. The van der Waals surface area contributed by atoms with Gasteiger partial charge in [-0.05, 0) is 32.9 Å². The highest BCUT2D eigenvalue weighted by Crippen LogP contribution is 2.11. The molecular weight excluding hydrogens is 250 g/mol. The van der Waals surface area contributed by atoms with Crippen LogP contribution in [0, 0.1) is 0 Å². The van der Waals surface area contributed by atoms with Crippen molar-refractivity contribution in [2.45, 2.75) is 39.9 Å². The molecular formula is C13H19NO5. The van der Waals surface area contributed by atoms with Crippen molar-refractivity contribution >= 4 is 11.9 Å². The molecule has 0 radical (unpaired) electrons. The molecule has 0 bridgehead atoms. The second kappa shape index (κ2) is 7.48. The molecule has 0 saturated carbocycles. The fourth-order valence-electron chi connectivity index (χ4n) is 0.976. The zero-order chi connectivity index (χ0) is 15.1. The maximum atomic E-state index is 11.5. The van der Waals surface area contributed by atoms with Crippen molar-refractivity contribution in [2.24, 2.45) is 0 Å². The first-order valence-corrected chi connectivity index (χ1v) is 5.64. The normalized spacial score (nSPS) is 10.2. The van der Waals surface area contributed by atoms with Crippen LogP contribution in [0.25, 0.3) is 0 Å². The Kier molecular flexibility index (Phi) is 6.71. The molecule has 19 heavy (non-hydrogen) atoms. The van der Waals surface area contributed by atoms with E-state index in [9.17, 15) is 4.79 Å². The highest BCUT2D eigenvalue weighted by molar-refractivity contribution is 5.89. The molecule has 0 aliphatic carbocycles. The van der Waals surface area contributed by atoms with Crippen molar-refractivity contribution in [2.75, 3.05) is 0 Å². The summed E-state index contributed by atoms with van der Waals surface area (Å²) in [6.45, 7) is 6.37. The third-order valence-corrected chi connectivity index (χ3v) is 1.62. The lowest BCUT2D eigenvalue weighted by Crippen LogP contribution is -2.24. The second-order valence-electron chi connectivity index (χ2n) is 4.72. The van der Waals surface area contributed by atoms with Crippen LogP contribution >= 0.6 is 0 Å². The minimum atomic E-state index is -0.833. The fourth-order valence-corrected chi connectivity index (χ4v) is 0.976. The number of hydrogen-bond acceptors (Lipinski definition) is 5. The summed E-state index contributed by atoms with van der Waals surface area (Å²) in [5.74, 6) is -1.24. The van der Waals surface area contributed by atoms with Gasteiger partial charge in [-0.25, -0.2) is 4.79 Å². The smallest absolute Gasteiger partial charge is 0.340 e. The van der Waals surface area contributed by atoms with E-state index in [-0.39, 0.29) is 6.61 Å². The Morgan fingerprint density at radius 2 is 1.84 bits per heavy atom. The van der Waals surface area contributed by atoms with Gasteiger partial charge in [0.25, 0.3) is 5.97 Å². The van der Waals surface area contributed by atoms with Crippen molar-refractivity contribution in [1.82, 2.24) is 4.98 Å². The number of carbonyl (C=O) groups excluding carboxylic acids is 1. The molecule has 0 spiro atoms. The van der Waals surface area contributed by atoms with Crippen molar-refractivity contribution < 1.29 is 24.5 Å². The van der Waals surface area contributed by atoms with Crippen LogP contribution in [-0.2, 0) is 16.1 Å². The van der Waals surface area contributed by atoms with E-state index < -0.39 is 17.5 Å². The molecule has 6 heteroatoms. The molecule has 1 rings (SSSR count). The zero-order valence-electron chi connectivity index (χ0n) is 11.5. The van der Waals surface area contributed by atoms with Crippen LogP contribution in [0.5, 0.6) is 0 Å². The monoisotopic (exact) mass is 269 g/mol. The third kappa shape index (κ3) is 8.73. The van der Waals surface area contributed by atoms with Gasteiger partial charge in [0.15, 0.2) is 0 Å². The van der Waals surface area contributed by atoms with Gasteiger partial charge in [0.1, 0.15) is 5.60 Å². The number of rotatable bonds is 2. The standard InChI is InChI=1S/C11H15NO3.C2H4O2/c1-11(2,3)15-10(14)8-4-5-9(7-13)12-6-8;1-2(3)4/h4-6,13H,7H2,1-3H3;1H3,(H,3,4). The van der Waals surface area contributed by atoms with Crippen LogP contribution < -0.4 is 0 Å². The van der Waals surface area contributed by atoms with Gasteiger partial charge in [0.05, 0.1) is 17.9 Å². The summed E-state index contributed by atoms with van der Waals surface area (Å²) in [5, 5.41) is 16.2. The largest absolute Gasteiger partial charge is 0.481 e. The van der Waals surface area contributed by atoms with Gasteiger partial charge in [-0.1, -0.05) is 0 Å². The Morgan fingerprint density at radius 3 is 2.16 bits per heavy atom. The van der Waals surface area contributed by atoms with Crippen LogP contribution in [0.1, 0.15) is 43.7 Å². The van der Waals surface area contributed by atoms with Gasteiger partial charge in [-0.3, -0.25) is 9.78 Å². The van der Waals surface area contributed by atoms with Crippen LogP contribution in [0.15, 0.2) is 18.3 Å². The number of hydrogen-bond donors (Lipinski definition) is 2. The minimum absolute atomic E-state index is 0.130. The van der Waals surface area contributed by atoms with Crippen LogP contribution in [0.3, 0.4) is 0 Å². The number of ether oxygens (including phenoxy) is 1. The highest BCUT2D eigenvalue weighted by atomic mass is 16.6. The summed E-state index contributed by atoms with van der Waals surface area (Å²) in [6, 6.07) is 3.19. The topological polar surface area (TPSA) is 96.7 Å². The lowest BCUT2D eigenvalue weighted by molar-refractivity contribution is -0.134. The molecule has 106 valence electrons. The van der Waals surface area contributed by atoms with E-state index in [0.717, 1.165) is 6.92 Å². The number of esters is 1. The summed E-state index contributed by atoms with van der Waals surface area (Å²) >= 11 is 0. The highest BCUT2D eigenvalue weighted by Gasteiger charge is 2.17. The molecule has 0 amide bonds. The first-order chi connectivity index (χ1) is 8.65. The summed E-state index contributed by atoms with van der Waals surface area (Å²) in [5.41, 5.74) is 0.414. The number of pyridine rings is 1. The van der Waals surface area contributed by atoms with Gasteiger partial charge in [0, 0.05) is 13.1 Å². The molecule has 0 unspecified atom stereocenters. The van der Waals surface area contributed by atoms with Gasteiger partial charge >= 0.3 is 5.97 Å². The Hall–Kier alpha value is -1.95. The van der Waals surface area contributed by atoms with Crippen molar-refractivity contribution in [3.05, 3.63) is 29.6 Å². The van der Waals surface area contributed by atoms with Gasteiger partial charge in [-0.2, -0.15) is 0 Å². The number of nitrogens with zero attached hydrogens (tertiary/aromatic N) is 1. The SMILES string of the molecule is CC(=O)O.CC(C)(C)OC(=O)c1ccc(CO)nc1. The number of aliphatic hydroxyl groups is 1. The molecule has 6 nitrogen and oxygen atoms in total. The first-order valence-electron chi connectivity index (χ1n) is 5.64. The number of aliphatic carboxylic acids is 1. The van der Waals surface area contributed by atoms with E-state index in [1.165, 1.54) is 6.20 Å². The maximum absolute atomic E-state index is 11.5. The minimum Gasteiger partial charge on any atom is -0.481 e. The molecule has 0 aliphatic rings.